The Morgan fingerprint density at radius 3 is 2.85 bits per heavy atom. The van der Waals surface area contributed by atoms with Gasteiger partial charge >= 0.3 is 0 Å². The highest BCUT2D eigenvalue weighted by molar-refractivity contribution is 8.00. The molecule has 3 nitrogen and oxygen atoms in total. The molecule has 1 aromatic rings. The normalized spacial score (nSPS) is 19.6. The minimum absolute atomic E-state index is 0.341. The molecule has 106 valence electrons. The Morgan fingerprint density at radius 1 is 1.35 bits per heavy atom. The topological polar surface area (TPSA) is 48.7 Å². The van der Waals surface area contributed by atoms with E-state index in [4.69, 9.17) is 4.98 Å². The molecule has 1 saturated carbocycles. The van der Waals surface area contributed by atoms with E-state index in [1.165, 1.54) is 43.4 Å². The Balaban J connectivity index is 1.79. The number of nitrogens with zero attached hydrogens (tertiary/aromatic N) is 2. The molecule has 3 rings (SSSR count). The van der Waals surface area contributed by atoms with E-state index in [0.717, 1.165) is 25.2 Å². The fraction of sp³-hybridized carbons (Fsp3) is 0.625. The maximum Gasteiger partial charge on any atom is 0.144 e. The average molecular weight is 287 g/mol. The van der Waals surface area contributed by atoms with Gasteiger partial charge in [-0.15, -0.1) is 0 Å². The number of nitrogens with one attached hydrogen (secondary N) is 1. The number of pyridine rings is 1. The Morgan fingerprint density at radius 2 is 2.15 bits per heavy atom. The fourth-order valence-corrected chi connectivity index (χ4v) is 4.32. The number of aryl methyl sites for hydroxylation is 2. The molecule has 0 saturated heterocycles. The number of nitriles is 1. The molecule has 0 unspecified atom stereocenters. The van der Waals surface area contributed by atoms with Gasteiger partial charge in [0.25, 0.3) is 0 Å². The molecule has 1 heterocycles. The number of aromatic nitrogens is 1. The fourth-order valence-electron chi connectivity index (χ4n) is 3.41. The molecule has 0 amide bonds. The third kappa shape index (κ3) is 2.52. The largest absolute Gasteiger partial charge is 0.368 e. The lowest BCUT2D eigenvalue weighted by molar-refractivity contribution is 0.638. The van der Waals surface area contributed by atoms with E-state index in [-0.39, 0.29) is 0 Å². The molecule has 1 N–H and O–H groups in total. The summed E-state index contributed by atoms with van der Waals surface area (Å²) in [5.74, 6) is 0.800. The highest BCUT2D eigenvalue weighted by atomic mass is 32.2. The van der Waals surface area contributed by atoms with Gasteiger partial charge in [-0.2, -0.15) is 17.0 Å². The van der Waals surface area contributed by atoms with E-state index < -0.39 is 0 Å². The second kappa shape index (κ2) is 5.65. The van der Waals surface area contributed by atoms with Crippen LogP contribution >= 0.6 is 11.8 Å². The molecular weight excluding hydrogens is 266 g/mol. The van der Waals surface area contributed by atoms with Crippen LogP contribution in [-0.4, -0.2) is 22.5 Å². The summed E-state index contributed by atoms with van der Waals surface area (Å²) in [7, 11) is 0. The van der Waals surface area contributed by atoms with Gasteiger partial charge < -0.3 is 5.32 Å². The number of thioether (sulfide) groups is 1. The molecule has 0 aromatic carbocycles. The second-order valence-corrected chi connectivity index (χ2v) is 7.18. The Kier molecular flexibility index (Phi) is 3.89. The molecular formula is C16H21N3S. The predicted octanol–water partition coefficient (Wildman–Crippen LogP) is 3.53. The van der Waals surface area contributed by atoms with Crippen LogP contribution in [0, 0.1) is 11.3 Å². The Labute approximate surface area is 125 Å². The molecule has 1 fully saturated rings. The summed E-state index contributed by atoms with van der Waals surface area (Å²) in [4.78, 5) is 4.71. The summed E-state index contributed by atoms with van der Waals surface area (Å²) in [5.41, 5.74) is 3.17. The van der Waals surface area contributed by atoms with Crippen molar-refractivity contribution in [2.24, 2.45) is 0 Å². The molecule has 2 aliphatic rings. The van der Waals surface area contributed by atoms with Crippen molar-refractivity contribution in [2.75, 3.05) is 18.1 Å². The van der Waals surface area contributed by atoms with Crippen LogP contribution in [0.5, 0.6) is 0 Å². The predicted molar refractivity (Wildman–Crippen MR) is 84.2 cm³/mol. The molecule has 2 aliphatic carbocycles. The van der Waals surface area contributed by atoms with Gasteiger partial charge in [0, 0.05) is 17.0 Å². The van der Waals surface area contributed by atoms with Crippen molar-refractivity contribution in [3.8, 4) is 6.07 Å². The lowest BCUT2D eigenvalue weighted by atomic mass is 10.1. The zero-order valence-electron chi connectivity index (χ0n) is 12.0. The van der Waals surface area contributed by atoms with Gasteiger partial charge in [-0.25, -0.2) is 4.98 Å². The number of anilines is 1. The number of hydrogen-bond donors (Lipinski definition) is 1. The first-order chi connectivity index (χ1) is 9.76. The smallest absolute Gasteiger partial charge is 0.144 e. The van der Waals surface area contributed by atoms with Crippen LogP contribution in [0.4, 0.5) is 5.82 Å². The van der Waals surface area contributed by atoms with Gasteiger partial charge in [0.15, 0.2) is 0 Å². The summed E-state index contributed by atoms with van der Waals surface area (Å²) in [6.45, 7) is 0.925. The zero-order valence-corrected chi connectivity index (χ0v) is 12.9. The number of fused-ring (bicyclic) bond motifs is 1. The van der Waals surface area contributed by atoms with Crippen LogP contribution < -0.4 is 5.32 Å². The van der Waals surface area contributed by atoms with Gasteiger partial charge in [-0.1, -0.05) is 12.8 Å². The molecule has 1 aromatic heterocycles. The molecule has 0 aliphatic heterocycles. The van der Waals surface area contributed by atoms with Crippen molar-refractivity contribution in [3.63, 3.8) is 0 Å². The van der Waals surface area contributed by atoms with Crippen LogP contribution in [0.3, 0.4) is 0 Å². The first-order valence-electron chi connectivity index (χ1n) is 7.48. The quantitative estimate of drug-likeness (QED) is 0.920. The SMILES string of the molecule is CSC1(CNc2nc3c(cc2C#N)CCC3)CCCC1. The first-order valence-corrected chi connectivity index (χ1v) is 8.71. The Hall–Kier alpha value is -1.21. The van der Waals surface area contributed by atoms with E-state index in [0.29, 0.717) is 10.3 Å². The van der Waals surface area contributed by atoms with Crippen molar-refractivity contribution in [2.45, 2.75) is 49.7 Å². The standard InChI is InChI=1S/C16H21N3S/c1-20-16(7-2-3-8-16)11-18-15-13(10-17)9-12-5-4-6-14(12)19-15/h9H,2-8,11H2,1H3,(H,18,19). The summed E-state index contributed by atoms with van der Waals surface area (Å²) in [6.07, 6.45) is 10.7. The van der Waals surface area contributed by atoms with Crippen molar-refractivity contribution in [1.29, 1.82) is 5.26 Å². The highest BCUT2D eigenvalue weighted by Gasteiger charge is 2.33. The van der Waals surface area contributed by atoms with E-state index in [9.17, 15) is 5.26 Å². The zero-order chi connectivity index (χ0) is 14.0. The van der Waals surface area contributed by atoms with E-state index >= 15 is 0 Å². The van der Waals surface area contributed by atoms with Crippen LogP contribution in [0.25, 0.3) is 0 Å². The van der Waals surface area contributed by atoms with E-state index in [2.05, 4.69) is 17.6 Å². The Bertz CT molecular complexity index is 541. The maximum absolute atomic E-state index is 9.33. The average Bonchev–Trinajstić information content (AvgIpc) is 3.13. The minimum atomic E-state index is 0.341. The van der Waals surface area contributed by atoms with Crippen LogP contribution in [0.15, 0.2) is 6.07 Å². The lowest BCUT2D eigenvalue weighted by Crippen LogP contribution is -2.30. The minimum Gasteiger partial charge on any atom is -0.368 e. The highest BCUT2D eigenvalue weighted by Crippen LogP contribution is 2.40. The molecule has 0 bridgehead atoms. The molecule has 4 heteroatoms. The summed E-state index contributed by atoms with van der Waals surface area (Å²) in [5, 5.41) is 12.8. The van der Waals surface area contributed by atoms with Crippen molar-refractivity contribution in [1.82, 2.24) is 4.98 Å². The molecule has 0 atom stereocenters. The van der Waals surface area contributed by atoms with Crippen molar-refractivity contribution in [3.05, 3.63) is 22.9 Å². The van der Waals surface area contributed by atoms with Gasteiger partial charge in [-0.05, 0) is 50.0 Å². The van der Waals surface area contributed by atoms with E-state index in [1.807, 2.05) is 17.8 Å². The summed E-state index contributed by atoms with van der Waals surface area (Å²) >= 11 is 1.96. The third-order valence-corrected chi connectivity index (χ3v) is 6.12. The maximum atomic E-state index is 9.33. The van der Waals surface area contributed by atoms with Gasteiger partial charge in [0.1, 0.15) is 11.9 Å². The van der Waals surface area contributed by atoms with Crippen LogP contribution in [0.2, 0.25) is 0 Å². The lowest BCUT2D eigenvalue weighted by Gasteiger charge is -2.27. The van der Waals surface area contributed by atoms with Gasteiger partial charge in [0.2, 0.25) is 0 Å². The molecule has 0 radical (unpaired) electrons. The first kappa shape index (κ1) is 13.8. The summed E-state index contributed by atoms with van der Waals surface area (Å²) in [6, 6.07) is 4.34. The molecule has 20 heavy (non-hydrogen) atoms. The number of hydrogen-bond acceptors (Lipinski definition) is 4. The monoisotopic (exact) mass is 287 g/mol. The second-order valence-electron chi connectivity index (χ2n) is 5.90. The van der Waals surface area contributed by atoms with Crippen molar-refractivity contribution >= 4 is 17.6 Å². The van der Waals surface area contributed by atoms with E-state index in [1.54, 1.807) is 0 Å². The van der Waals surface area contributed by atoms with Crippen LogP contribution in [-0.2, 0) is 12.8 Å². The number of rotatable bonds is 4. The molecule has 0 spiro atoms. The van der Waals surface area contributed by atoms with Crippen molar-refractivity contribution < 1.29 is 0 Å². The van der Waals surface area contributed by atoms with Gasteiger partial charge in [-0.3, -0.25) is 0 Å². The van der Waals surface area contributed by atoms with Gasteiger partial charge in [0.05, 0.1) is 5.56 Å². The summed E-state index contributed by atoms with van der Waals surface area (Å²) < 4.78 is 0.341. The van der Waals surface area contributed by atoms with Crippen LogP contribution in [0.1, 0.15) is 48.9 Å². The third-order valence-electron chi connectivity index (χ3n) is 4.70.